The van der Waals surface area contributed by atoms with Crippen LogP contribution in [0.3, 0.4) is 0 Å². The second-order valence-electron chi connectivity index (χ2n) is 4.57. The molecule has 8 nitrogen and oxygen atoms in total. The van der Waals surface area contributed by atoms with Crippen LogP contribution in [-0.4, -0.2) is 33.4 Å². The Hall–Kier alpha value is -1.90. The van der Waals surface area contributed by atoms with E-state index < -0.39 is 17.2 Å². The van der Waals surface area contributed by atoms with Crippen molar-refractivity contribution in [1.82, 2.24) is 20.3 Å². The van der Waals surface area contributed by atoms with E-state index in [0.29, 0.717) is 12.1 Å². The van der Waals surface area contributed by atoms with Crippen LogP contribution in [0.2, 0.25) is 0 Å². The van der Waals surface area contributed by atoms with Gasteiger partial charge >= 0.3 is 5.69 Å². The third kappa shape index (κ3) is 4.06. The summed E-state index contributed by atoms with van der Waals surface area (Å²) in [6.45, 7) is 3.73. The molecule has 0 aliphatic carbocycles. The van der Waals surface area contributed by atoms with Crippen LogP contribution in [0.1, 0.15) is 23.0 Å². The summed E-state index contributed by atoms with van der Waals surface area (Å²) in [4.78, 5) is 43.5. The molecular formula is C12H17Cl2N5O3. The molecule has 0 fully saturated rings. The first kappa shape index (κ1) is 20.1. The standard InChI is InChI=1S/C12H15N5O3.2ClH/c1-5-3-7(10(18)14-6(2)4-13)15-9-8(5)11(19)17-12(20)16-9;;/h3,6H,4,13H2,1-2H3,(H,14,18)(H2,15,16,17,19,20);2*1H/t6-;;/m0../s1. The maximum Gasteiger partial charge on any atom is 0.327 e. The Labute approximate surface area is 137 Å². The summed E-state index contributed by atoms with van der Waals surface area (Å²) in [5.41, 5.74) is 5.00. The van der Waals surface area contributed by atoms with Crippen molar-refractivity contribution in [2.45, 2.75) is 19.9 Å². The summed E-state index contributed by atoms with van der Waals surface area (Å²) in [5, 5.41) is 2.92. The van der Waals surface area contributed by atoms with Crippen LogP contribution in [0.4, 0.5) is 0 Å². The number of rotatable bonds is 3. The summed E-state index contributed by atoms with van der Waals surface area (Å²) >= 11 is 0. The molecule has 0 radical (unpaired) electrons. The number of hydrogen-bond acceptors (Lipinski definition) is 5. The van der Waals surface area contributed by atoms with E-state index in [-0.39, 0.29) is 47.6 Å². The number of aryl methyl sites for hydroxylation is 1. The summed E-state index contributed by atoms with van der Waals surface area (Å²) in [7, 11) is 0. The zero-order chi connectivity index (χ0) is 14.9. The predicted octanol–water partition coefficient (Wildman–Crippen LogP) is -0.160. The predicted molar refractivity (Wildman–Crippen MR) is 88.2 cm³/mol. The molecule has 0 saturated heterocycles. The number of carbonyl (C=O) groups excluding carboxylic acids is 1. The zero-order valence-corrected chi connectivity index (χ0v) is 13.6. The number of nitrogens with one attached hydrogen (secondary N) is 3. The molecule has 1 amide bonds. The van der Waals surface area contributed by atoms with Crippen molar-refractivity contribution < 1.29 is 4.79 Å². The number of amides is 1. The Morgan fingerprint density at radius 1 is 1.36 bits per heavy atom. The lowest BCUT2D eigenvalue weighted by atomic mass is 10.1. The van der Waals surface area contributed by atoms with Crippen molar-refractivity contribution in [3.63, 3.8) is 0 Å². The zero-order valence-electron chi connectivity index (χ0n) is 11.9. The molecule has 2 aromatic rings. The lowest BCUT2D eigenvalue weighted by molar-refractivity contribution is 0.0936. The van der Waals surface area contributed by atoms with Crippen molar-refractivity contribution in [1.29, 1.82) is 0 Å². The molecule has 2 aromatic heterocycles. The molecule has 0 aromatic carbocycles. The normalized spacial score (nSPS) is 11.2. The molecule has 0 aliphatic heterocycles. The quantitative estimate of drug-likeness (QED) is 0.610. The van der Waals surface area contributed by atoms with Gasteiger partial charge in [-0.3, -0.25) is 19.6 Å². The highest BCUT2D eigenvalue weighted by molar-refractivity contribution is 5.95. The molecule has 5 N–H and O–H groups in total. The van der Waals surface area contributed by atoms with Gasteiger partial charge in [0.25, 0.3) is 11.5 Å². The second-order valence-corrected chi connectivity index (χ2v) is 4.57. The highest BCUT2D eigenvalue weighted by Crippen LogP contribution is 2.10. The van der Waals surface area contributed by atoms with E-state index >= 15 is 0 Å². The highest BCUT2D eigenvalue weighted by atomic mass is 35.5. The van der Waals surface area contributed by atoms with Crippen LogP contribution >= 0.6 is 24.8 Å². The number of H-pyrrole nitrogens is 2. The summed E-state index contributed by atoms with van der Waals surface area (Å²) in [6.07, 6.45) is 0. The van der Waals surface area contributed by atoms with Gasteiger partial charge in [0.1, 0.15) is 11.3 Å². The Morgan fingerprint density at radius 2 is 2.00 bits per heavy atom. The second kappa shape index (κ2) is 7.92. The fraction of sp³-hybridized carbons (Fsp3) is 0.333. The largest absolute Gasteiger partial charge is 0.347 e. The van der Waals surface area contributed by atoms with Crippen molar-refractivity contribution in [3.8, 4) is 0 Å². The van der Waals surface area contributed by atoms with Crippen LogP contribution in [0.5, 0.6) is 0 Å². The highest BCUT2D eigenvalue weighted by Gasteiger charge is 2.14. The maximum absolute atomic E-state index is 12.0. The number of hydrogen-bond donors (Lipinski definition) is 4. The first-order valence-corrected chi connectivity index (χ1v) is 6.07. The monoisotopic (exact) mass is 349 g/mol. The maximum atomic E-state index is 12.0. The lowest BCUT2D eigenvalue weighted by Crippen LogP contribution is -2.38. The minimum absolute atomic E-state index is 0. The van der Waals surface area contributed by atoms with Crippen LogP contribution < -0.4 is 22.3 Å². The van der Waals surface area contributed by atoms with Crippen LogP contribution in [0, 0.1) is 6.92 Å². The first-order chi connectivity index (χ1) is 9.42. The number of aromatic amines is 2. The van der Waals surface area contributed by atoms with Crippen LogP contribution in [0.15, 0.2) is 15.7 Å². The smallest absolute Gasteiger partial charge is 0.327 e. The molecule has 0 spiro atoms. The molecule has 0 saturated carbocycles. The number of pyridine rings is 1. The van der Waals surface area contributed by atoms with Gasteiger partial charge in [-0.2, -0.15) is 0 Å². The molecule has 22 heavy (non-hydrogen) atoms. The van der Waals surface area contributed by atoms with Gasteiger partial charge in [-0.1, -0.05) is 0 Å². The number of nitrogens with zero attached hydrogens (tertiary/aromatic N) is 1. The van der Waals surface area contributed by atoms with Gasteiger partial charge in [0.05, 0.1) is 5.39 Å². The Morgan fingerprint density at radius 3 is 2.59 bits per heavy atom. The minimum Gasteiger partial charge on any atom is -0.347 e. The minimum atomic E-state index is -0.665. The van der Waals surface area contributed by atoms with Crippen molar-refractivity contribution in [2.24, 2.45) is 5.73 Å². The molecule has 2 rings (SSSR count). The SMILES string of the molecule is Cc1cc(C(=O)N[C@@H](C)CN)nc2[nH]c(=O)[nH]c(=O)c12.Cl.Cl. The van der Waals surface area contributed by atoms with Crippen LogP contribution in [-0.2, 0) is 0 Å². The third-order valence-electron chi connectivity index (χ3n) is 2.87. The Bertz CT molecular complexity index is 786. The van der Waals surface area contributed by atoms with E-state index in [0.717, 1.165) is 0 Å². The van der Waals surface area contributed by atoms with E-state index in [9.17, 15) is 14.4 Å². The number of aromatic nitrogens is 3. The molecule has 1 atom stereocenters. The van der Waals surface area contributed by atoms with E-state index in [4.69, 9.17) is 5.73 Å². The number of carbonyl (C=O) groups is 1. The third-order valence-corrected chi connectivity index (χ3v) is 2.87. The number of fused-ring (bicyclic) bond motifs is 1. The van der Waals surface area contributed by atoms with Gasteiger partial charge in [0, 0.05) is 12.6 Å². The van der Waals surface area contributed by atoms with Crippen molar-refractivity contribution in [3.05, 3.63) is 38.2 Å². The Kier molecular flexibility index (Phi) is 7.24. The lowest BCUT2D eigenvalue weighted by Gasteiger charge is -2.11. The summed E-state index contributed by atoms with van der Waals surface area (Å²) < 4.78 is 0. The fourth-order valence-electron chi connectivity index (χ4n) is 1.83. The van der Waals surface area contributed by atoms with Crippen molar-refractivity contribution >= 4 is 41.8 Å². The van der Waals surface area contributed by atoms with E-state index in [1.54, 1.807) is 13.8 Å². The van der Waals surface area contributed by atoms with Crippen LogP contribution in [0.25, 0.3) is 11.0 Å². The average Bonchev–Trinajstić information content (AvgIpc) is 2.36. The van der Waals surface area contributed by atoms with Gasteiger partial charge in [0.2, 0.25) is 0 Å². The number of halogens is 2. The van der Waals surface area contributed by atoms with Gasteiger partial charge in [-0.25, -0.2) is 9.78 Å². The van der Waals surface area contributed by atoms with E-state index in [2.05, 4.69) is 20.3 Å². The molecule has 0 unspecified atom stereocenters. The van der Waals surface area contributed by atoms with E-state index in [1.165, 1.54) is 6.07 Å². The molecule has 0 bridgehead atoms. The molecule has 122 valence electrons. The Balaban J connectivity index is 0.00000220. The topological polar surface area (TPSA) is 134 Å². The molecule has 0 aliphatic rings. The fourth-order valence-corrected chi connectivity index (χ4v) is 1.83. The first-order valence-electron chi connectivity index (χ1n) is 6.07. The van der Waals surface area contributed by atoms with E-state index in [1.807, 2.05) is 0 Å². The summed E-state index contributed by atoms with van der Waals surface area (Å²) in [6, 6.07) is 1.30. The van der Waals surface area contributed by atoms with Crippen molar-refractivity contribution in [2.75, 3.05) is 6.54 Å². The number of nitrogens with two attached hydrogens (primary N) is 1. The molecular weight excluding hydrogens is 333 g/mol. The van der Waals surface area contributed by atoms with Gasteiger partial charge in [-0.15, -0.1) is 24.8 Å². The average molecular weight is 350 g/mol. The molecule has 10 heteroatoms. The summed E-state index contributed by atoms with van der Waals surface area (Å²) in [5.74, 6) is -0.408. The van der Waals surface area contributed by atoms with Gasteiger partial charge in [-0.05, 0) is 25.5 Å². The molecule has 2 heterocycles. The van der Waals surface area contributed by atoms with Gasteiger partial charge < -0.3 is 11.1 Å². The van der Waals surface area contributed by atoms with Gasteiger partial charge in [0.15, 0.2) is 0 Å².